The molecular weight excluding hydrogens is 294 g/mol. The lowest BCUT2D eigenvalue weighted by molar-refractivity contribution is -0.129. The Morgan fingerprint density at radius 3 is 2.73 bits per heavy atom. The number of aryl methyl sites for hydroxylation is 1. The van der Waals surface area contributed by atoms with Crippen LogP contribution in [0, 0.1) is 0 Å². The molecular formula is C18H21NO2S. The second kappa shape index (κ2) is 8.49. The Hall–Kier alpha value is -1.94. The molecule has 0 spiro atoms. The van der Waals surface area contributed by atoms with Gasteiger partial charge in [-0.25, -0.2) is 9.78 Å². The van der Waals surface area contributed by atoms with Gasteiger partial charge in [0, 0.05) is 22.7 Å². The van der Waals surface area contributed by atoms with E-state index in [2.05, 4.69) is 11.9 Å². The molecule has 2 aromatic rings. The monoisotopic (exact) mass is 315 g/mol. The molecule has 2 rings (SSSR count). The molecule has 0 N–H and O–H groups in total. The fourth-order valence-electron chi connectivity index (χ4n) is 2.06. The number of rotatable bonds is 7. The molecule has 1 heterocycles. The second-order valence-corrected chi connectivity index (χ2v) is 6.15. The van der Waals surface area contributed by atoms with E-state index in [1.165, 1.54) is 30.2 Å². The van der Waals surface area contributed by atoms with Crippen LogP contribution in [0.4, 0.5) is 0 Å². The zero-order valence-corrected chi connectivity index (χ0v) is 13.9. The summed E-state index contributed by atoms with van der Waals surface area (Å²) in [5, 5.41) is 1.01. The van der Waals surface area contributed by atoms with Crippen LogP contribution in [0.2, 0.25) is 0 Å². The number of thiazole rings is 1. The molecule has 0 atom stereocenters. The zero-order chi connectivity index (χ0) is 15.8. The highest BCUT2D eigenvalue weighted by atomic mass is 32.1. The first-order valence-corrected chi connectivity index (χ1v) is 8.44. The minimum absolute atomic E-state index is 0.359. The Balaban J connectivity index is 1.99. The lowest BCUT2D eigenvalue weighted by Gasteiger charge is -2.02. The van der Waals surface area contributed by atoms with Crippen molar-refractivity contribution < 1.29 is 9.53 Å². The zero-order valence-electron chi connectivity index (χ0n) is 13.0. The summed E-state index contributed by atoms with van der Waals surface area (Å²) in [6, 6.07) is 7.48. The van der Waals surface area contributed by atoms with Gasteiger partial charge in [-0.15, -0.1) is 11.3 Å². The normalized spacial score (nSPS) is 11.0. The highest BCUT2D eigenvalue weighted by Crippen LogP contribution is 2.27. The number of carbonyl (C=O) groups excluding carboxylic acids is 1. The minimum Gasteiger partial charge on any atom is -0.423 e. The number of allylic oxidation sites excluding steroid dienone is 1. The van der Waals surface area contributed by atoms with E-state index in [0.717, 1.165) is 17.0 Å². The molecule has 116 valence electrons. The molecule has 0 unspecified atom stereocenters. The number of nitrogens with zero attached hydrogens (tertiary/aromatic N) is 1. The van der Waals surface area contributed by atoms with Gasteiger partial charge in [0.1, 0.15) is 10.8 Å². The molecule has 22 heavy (non-hydrogen) atoms. The van der Waals surface area contributed by atoms with E-state index in [0.29, 0.717) is 5.75 Å². The van der Waals surface area contributed by atoms with Crippen LogP contribution in [0.1, 0.15) is 38.0 Å². The molecule has 0 saturated carbocycles. The van der Waals surface area contributed by atoms with Crippen LogP contribution in [0.25, 0.3) is 10.6 Å². The maximum absolute atomic E-state index is 11.4. The summed E-state index contributed by atoms with van der Waals surface area (Å²) in [7, 11) is 0. The summed E-state index contributed by atoms with van der Waals surface area (Å²) in [6.07, 6.45) is 9.85. The largest absolute Gasteiger partial charge is 0.423 e. The van der Waals surface area contributed by atoms with Crippen LogP contribution in [0.5, 0.6) is 5.75 Å². The number of ether oxygens (including phenoxy) is 1. The number of aromatic nitrogens is 1. The van der Waals surface area contributed by atoms with Crippen LogP contribution in [0.15, 0.2) is 42.6 Å². The van der Waals surface area contributed by atoms with Gasteiger partial charge in [0.2, 0.25) is 0 Å². The van der Waals surface area contributed by atoms with Gasteiger partial charge in [0.25, 0.3) is 0 Å². The molecule has 1 aromatic carbocycles. The average Bonchev–Trinajstić information content (AvgIpc) is 2.97. The molecule has 0 bridgehead atoms. The van der Waals surface area contributed by atoms with E-state index in [-0.39, 0.29) is 5.97 Å². The third-order valence-corrected chi connectivity index (χ3v) is 4.31. The van der Waals surface area contributed by atoms with E-state index in [1.807, 2.05) is 18.3 Å². The SMILES string of the molecule is CC=CC(=O)Oc1ccc(-c2ncc(CCCCC)s2)cc1. The lowest BCUT2D eigenvalue weighted by atomic mass is 10.2. The number of unbranched alkanes of at least 4 members (excludes halogenated alkanes) is 2. The fraction of sp³-hybridized carbons (Fsp3) is 0.333. The van der Waals surface area contributed by atoms with E-state index >= 15 is 0 Å². The van der Waals surface area contributed by atoms with Crippen molar-refractivity contribution in [1.29, 1.82) is 0 Å². The number of hydrogen-bond donors (Lipinski definition) is 0. The Bertz CT molecular complexity index is 629. The first-order valence-electron chi connectivity index (χ1n) is 7.62. The summed E-state index contributed by atoms with van der Waals surface area (Å²) in [5.41, 5.74) is 1.05. The number of carbonyl (C=O) groups is 1. The van der Waals surface area contributed by atoms with Gasteiger partial charge in [-0.2, -0.15) is 0 Å². The molecule has 4 heteroatoms. The smallest absolute Gasteiger partial charge is 0.335 e. The molecule has 1 aromatic heterocycles. The molecule has 0 aliphatic heterocycles. The van der Waals surface area contributed by atoms with Crippen LogP contribution >= 0.6 is 11.3 Å². The summed E-state index contributed by atoms with van der Waals surface area (Å²) in [4.78, 5) is 17.2. The van der Waals surface area contributed by atoms with Gasteiger partial charge in [0.05, 0.1) is 0 Å². The van der Waals surface area contributed by atoms with Crippen LogP contribution in [-0.2, 0) is 11.2 Å². The first-order chi connectivity index (χ1) is 10.7. The number of esters is 1. The number of hydrogen-bond acceptors (Lipinski definition) is 4. The second-order valence-electron chi connectivity index (χ2n) is 5.03. The summed E-state index contributed by atoms with van der Waals surface area (Å²) in [5.74, 6) is 0.189. The van der Waals surface area contributed by atoms with E-state index in [4.69, 9.17) is 4.74 Å². The van der Waals surface area contributed by atoms with Crippen molar-refractivity contribution in [2.75, 3.05) is 0 Å². The van der Waals surface area contributed by atoms with Crippen molar-refractivity contribution in [3.63, 3.8) is 0 Å². The van der Waals surface area contributed by atoms with Gasteiger partial charge < -0.3 is 4.74 Å². The van der Waals surface area contributed by atoms with Crippen molar-refractivity contribution in [2.45, 2.75) is 39.5 Å². The first kappa shape index (κ1) is 16.4. The Morgan fingerprint density at radius 2 is 2.05 bits per heavy atom. The molecule has 0 fully saturated rings. The predicted molar refractivity (Wildman–Crippen MR) is 91.2 cm³/mol. The Kier molecular flexibility index (Phi) is 6.34. The standard InChI is InChI=1S/C18H21NO2S/c1-3-5-6-8-16-13-19-18(22-16)14-9-11-15(12-10-14)21-17(20)7-4-2/h4,7,9-13H,3,5-6,8H2,1-2H3. The van der Waals surface area contributed by atoms with Crippen molar-refractivity contribution in [3.8, 4) is 16.3 Å². The third kappa shape index (κ3) is 4.81. The molecule has 0 aliphatic rings. The highest BCUT2D eigenvalue weighted by Gasteiger charge is 2.06. The number of benzene rings is 1. The van der Waals surface area contributed by atoms with Gasteiger partial charge in [-0.05, 0) is 44.0 Å². The summed E-state index contributed by atoms with van der Waals surface area (Å²) >= 11 is 1.73. The summed E-state index contributed by atoms with van der Waals surface area (Å²) in [6.45, 7) is 3.99. The van der Waals surface area contributed by atoms with Crippen LogP contribution in [-0.4, -0.2) is 11.0 Å². The van der Waals surface area contributed by atoms with Gasteiger partial charge in [0.15, 0.2) is 0 Å². The summed E-state index contributed by atoms with van der Waals surface area (Å²) < 4.78 is 5.17. The molecule has 0 amide bonds. The predicted octanol–water partition coefficient (Wildman–Crippen LogP) is 5.02. The maximum atomic E-state index is 11.4. The lowest BCUT2D eigenvalue weighted by Crippen LogP contribution is -2.03. The highest BCUT2D eigenvalue weighted by molar-refractivity contribution is 7.15. The molecule has 0 radical (unpaired) electrons. The molecule has 0 saturated heterocycles. The topological polar surface area (TPSA) is 39.2 Å². The fourth-order valence-corrected chi connectivity index (χ4v) is 3.02. The van der Waals surface area contributed by atoms with Crippen molar-refractivity contribution >= 4 is 17.3 Å². The van der Waals surface area contributed by atoms with Crippen LogP contribution in [0.3, 0.4) is 0 Å². The maximum Gasteiger partial charge on any atom is 0.335 e. The quantitative estimate of drug-likeness (QED) is 0.311. The van der Waals surface area contributed by atoms with Crippen molar-refractivity contribution in [3.05, 3.63) is 47.5 Å². The van der Waals surface area contributed by atoms with E-state index in [9.17, 15) is 4.79 Å². The average molecular weight is 315 g/mol. The van der Waals surface area contributed by atoms with Gasteiger partial charge >= 0.3 is 5.97 Å². The van der Waals surface area contributed by atoms with Gasteiger partial charge in [-0.1, -0.05) is 25.8 Å². The Labute approximate surface area is 135 Å². The Morgan fingerprint density at radius 1 is 1.27 bits per heavy atom. The van der Waals surface area contributed by atoms with Crippen LogP contribution < -0.4 is 4.74 Å². The molecule has 0 aliphatic carbocycles. The van der Waals surface area contributed by atoms with Gasteiger partial charge in [-0.3, -0.25) is 0 Å². The molecule has 3 nitrogen and oxygen atoms in total. The minimum atomic E-state index is -0.359. The van der Waals surface area contributed by atoms with E-state index < -0.39 is 0 Å². The third-order valence-electron chi connectivity index (χ3n) is 3.20. The van der Waals surface area contributed by atoms with Crippen molar-refractivity contribution in [2.24, 2.45) is 0 Å². The van der Waals surface area contributed by atoms with Crippen molar-refractivity contribution in [1.82, 2.24) is 4.98 Å². The van der Waals surface area contributed by atoms with E-state index in [1.54, 1.807) is 36.5 Å².